The second-order valence-electron chi connectivity index (χ2n) is 7.64. The van der Waals surface area contributed by atoms with Gasteiger partial charge in [-0.25, -0.2) is 4.90 Å². The van der Waals surface area contributed by atoms with Gasteiger partial charge >= 0.3 is 0 Å². The van der Waals surface area contributed by atoms with Crippen molar-refractivity contribution in [2.45, 2.75) is 0 Å². The van der Waals surface area contributed by atoms with E-state index in [4.69, 9.17) is 4.74 Å². The van der Waals surface area contributed by atoms with Crippen LogP contribution in [0.25, 0.3) is 16.8 Å². The maximum absolute atomic E-state index is 13.3. The number of carbonyl (C=O) groups is 3. The van der Waals surface area contributed by atoms with E-state index in [9.17, 15) is 14.4 Å². The van der Waals surface area contributed by atoms with E-state index in [0.29, 0.717) is 33.2 Å². The fraction of sp³-hybridized carbons (Fsp3) is 0.0357. The van der Waals surface area contributed by atoms with Crippen molar-refractivity contribution in [2.75, 3.05) is 12.0 Å². The molecule has 2 amide bonds. The van der Waals surface area contributed by atoms with E-state index >= 15 is 0 Å². The van der Waals surface area contributed by atoms with Crippen LogP contribution in [0.2, 0.25) is 0 Å². The molecule has 1 aliphatic rings. The lowest BCUT2D eigenvalue weighted by molar-refractivity contribution is 0.0892. The van der Waals surface area contributed by atoms with Crippen LogP contribution < -0.4 is 9.64 Å². The molecule has 0 aromatic heterocycles. The number of rotatable bonds is 5. The van der Waals surface area contributed by atoms with Crippen LogP contribution in [-0.2, 0) is 0 Å². The van der Waals surface area contributed by atoms with E-state index in [1.54, 1.807) is 67.8 Å². The second-order valence-corrected chi connectivity index (χ2v) is 7.64. The van der Waals surface area contributed by atoms with Gasteiger partial charge in [0.25, 0.3) is 11.8 Å². The molecule has 4 aromatic rings. The van der Waals surface area contributed by atoms with Gasteiger partial charge in [-0.2, -0.15) is 0 Å². The Bertz CT molecular complexity index is 1410. The first-order valence-electron chi connectivity index (χ1n) is 10.4. The summed E-state index contributed by atoms with van der Waals surface area (Å²) in [5.74, 6) is -0.272. The van der Waals surface area contributed by atoms with Crippen molar-refractivity contribution < 1.29 is 19.1 Å². The quantitative estimate of drug-likeness (QED) is 0.235. The molecule has 1 aliphatic heterocycles. The van der Waals surface area contributed by atoms with Crippen molar-refractivity contribution in [3.8, 4) is 5.75 Å². The van der Waals surface area contributed by atoms with Crippen molar-refractivity contribution in [3.05, 3.63) is 113 Å². The Hall–Kier alpha value is -4.51. The normalized spacial score (nSPS) is 13.1. The molecule has 0 N–H and O–H groups in total. The number of imide groups is 1. The Morgan fingerprint density at radius 3 is 2.18 bits per heavy atom. The monoisotopic (exact) mass is 433 g/mol. The molecule has 4 aromatic carbocycles. The number of hydrogen-bond donors (Lipinski definition) is 0. The molecule has 160 valence electrons. The second kappa shape index (κ2) is 8.20. The van der Waals surface area contributed by atoms with Crippen LogP contribution in [-0.4, -0.2) is 24.7 Å². The van der Waals surface area contributed by atoms with Crippen LogP contribution >= 0.6 is 0 Å². The summed E-state index contributed by atoms with van der Waals surface area (Å²) in [5.41, 5.74) is 2.61. The number of amides is 2. The van der Waals surface area contributed by atoms with Crippen molar-refractivity contribution >= 4 is 40.1 Å². The van der Waals surface area contributed by atoms with Crippen molar-refractivity contribution in [3.63, 3.8) is 0 Å². The number of carbonyl (C=O) groups excluding carboxylic acids is 3. The SMILES string of the molecule is COc1ccc(C=CC(=O)c2ccc3c4c(cccc24)C(=O)N(c2ccccc2)C3=O)cc1. The third kappa shape index (κ3) is 3.49. The van der Waals surface area contributed by atoms with Gasteiger partial charge in [-0.3, -0.25) is 14.4 Å². The molecular formula is C28H19NO4. The lowest BCUT2D eigenvalue weighted by atomic mass is 9.89. The number of anilines is 1. The Kier molecular flexibility index (Phi) is 5.07. The fourth-order valence-corrected chi connectivity index (χ4v) is 4.10. The first-order chi connectivity index (χ1) is 16.1. The minimum absolute atomic E-state index is 0.208. The standard InChI is InChI=1S/C28H19NO4/c1-33-20-13-10-18(11-14-20)12-17-25(30)21-15-16-24-26-22(21)8-5-9-23(26)27(31)29(28(24)32)19-6-3-2-4-7-19/h2-17H,1H3. The number of nitrogens with zero attached hydrogens (tertiary/aromatic N) is 1. The van der Waals surface area contributed by atoms with Gasteiger partial charge in [-0.1, -0.05) is 48.5 Å². The molecule has 33 heavy (non-hydrogen) atoms. The zero-order valence-corrected chi connectivity index (χ0v) is 17.8. The summed E-state index contributed by atoms with van der Waals surface area (Å²) in [6.07, 6.45) is 3.22. The summed E-state index contributed by atoms with van der Waals surface area (Å²) in [6, 6.07) is 24.7. The highest BCUT2D eigenvalue weighted by atomic mass is 16.5. The Labute approximate surface area is 190 Å². The smallest absolute Gasteiger partial charge is 0.265 e. The van der Waals surface area contributed by atoms with E-state index in [1.807, 2.05) is 30.3 Å². The van der Waals surface area contributed by atoms with Crippen LogP contribution in [0.3, 0.4) is 0 Å². The molecule has 0 fully saturated rings. The summed E-state index contributed by atoms with van der Waals surface area (Å²) in [6.45, 7) is 0. The van der Waals surface area contributed by atoms with Gasteiger partial charge in [0.1, 0.15) is 5.75 Å². The van der Waals surface area contributed by atoms with Crippen LogP contribution in [0.15, 0.2) is 91.0 Å². The maximum Gasteiger partial charge on any atom is 0.265 e. The van der Waals surface area contributed by atoms with Gasteiger partial charge in [0.05, 0.1) is 12.8 Å². The first kappa shape index (κ1) is 20.4. The van der Waals surface area contributed by atoms with Gasteiger partial charge in [-0.05, 0) is 59.5 Å². The molecular weight excluding hydrogens is 414 g/mol. The van der Waals surface area contributed by atoms with Crippen LogP contribution in [0.1, 0.15) is 36.6 Å². The highest BCUT2D eigenvalue weighted by molar-refractivity contribution is 6.37. The number of para-hydroxylation sites is 1. The summed E-state index contributed by atoms with van der Waals surface area (Å²) in [4.78, 5) is 40.7. The molecule has 0 spiro atoms. The predicted molar refractivity (Wildman–Crippen MR) is 128 cm³/mol. The molecule has 0 atom stereocenters. The van der Waals surface area contributed by atoms with Crippen molar-refractivity contribution in [2.24, 2.45) is 0 Å². The number of methoxy groups -OCH3 is 1. The van der Waals surface area contributed by atoms with Crippen molar-refractivity contribution in [1.29, 1.82) is 0 Å². The van der Waals surface area contributed by atoms with Gasteiger partial charge in [0, 0.05) is 22.1 Å². The lowest BCUT2D eigenvalue weighted by Crippen LogP contribution is -2.40. The molecule has 0 radical (unpaired) electrons. The third-order valence-electron chi connectivity index (χ3n) is 5.73. The van der Waals surface area contributed by atoms with Gasteiger partial charge in [0.2, 0.25) is 0 Å². The summed E-state index contributed by atoms with van der Waals surface area (Å²) < 4.78 is 5.15. The molecule has 0 saturated carbocycles. The summed E-state index contributed by atoms with van der Waals surface area (Å²) in [7, 11) is 1.60. The Morgan fingerprint density at radius 2 is 1.48 bits per heavy atom. The van der Waals surface area contributed by atoms with Crippen LogP contribution in [0.4, 0.5) is 5.69 Å². The lowest BCUT2D eigenvalue weighted by Gasteiger charge is -2.27. The molecule has 0 unspecified atom stereocenters. The predicted octanol–water partition coefficient (Wildman–Crippen LogP) is 5.55. The molecule has 0 aliphatic carbocycles. The van der Waals surface area contributed by atoms with E-state index in [0.717, 1.165) is 11.3 Å². The van der Waals surface area contributed by atoms with Crippen LogP contribution in [0.5, 0.6) is 5.75 Å². The molecule has 5 nitrogen and oxygen atoms in total. The molecule has 5 rings (SSSR count). The minimum atomic E-state index is -0.400. The zero-order valence-electron chi connectivity index (χ0n) is 17.8. The average molecular weight is 433 g/mol. The fourth-order valence-electron chi connectivity index (χ4n) is 4.10. The van der Waals surface area contributed by atoms with Gasteiger partial charge < -0.3 is 4.74 Å². The zero-order chi connectivity index (χ0) is 22.9. The molecule has 0 saturated heterocycles. The van der Waals surface area contributed by atoms with Gasteiger partial charge in [0.15, 0.2) is 5.78 Å². The topological polar surface area (TPSA) is 63.7 Å². The van der Waals surface area contributed by atoms with E-state index in [-0.39, 0.29) is 5.78 Å². The Balaban J connectivity index is 1.55. The van der Waals surface area contributed by atoms with Crippen LogP contribution in [0, 0.1) is 0 Å². The summed E-state index contributed by atoms with van der Waals surface area (Å²) >= 11 is 0. The van der Waals surface area contributed by atoms with Gasteiger partial charge in [-0.15, -0.1) is 0 Å². The van der Waals surface area contributed by atoms with E-state index in [2.05, 4.69) is 0 Å². The minimum Gasteiger partial charge on any atom is -0.497 e. The highest BCUT2D eigenvalue weighted by Gasteiger charge is 2.34. The maximum atomic E-state index is 13.3. The van der Waals surface area contributed by atoms with Crippen molar-refractivity contribution in [1.82, 2.24) is 0 Å². The average Bonchev–Trinajstić information content (AvgIpc) is 2.86. The number of hydrogen-bond acceptors (Lipinski definition) is 4. The van der Waals surface area contributed by atoms with E-state index < -0.39 is 11.8 Å². The molecule has 5 heteroatoms. The molecule has 0 bridgehead atoms. The first-order valence-corrected chi connectivity index (χ1v) is 10.4. The molecule has 1 heterocycles. The highest BCUT2D eigenvalue weighted by Crippen LogP contribution is 2.34. The largest absolute Gasteiger partial charge is 0.497 e. The van der Waals surface area contributed by atoms with E-state index in [1.165, 1.54) is 11.0 Å². The third-order valence-corrected chi connectivity index (χ3v) is 5.73. The number of ketones is 1. The number of allylic oxidation sites excluding steroid dienone is 1. The Morgan fingerprint density at radius 1 is 0.788 bits per heavy atom. The summed E-state index contributed by atoms with van der Waals surface area (Å²) in [5, 5.41) is 1.10. The number of ether oxygens (including phenoxy) is 1. The number of benzene rings is 4.